The van der Waals surface area contributed by atoms with E-state index in [1.807, 2.05) is 13.8 Å². The predicted octanol–water partition coefficient (Wildman–Crippen LogP) is 1.80. The van der Waals surface area contributed by atoms with Crippen molar-refractivity contribution < 1.29 is 65.4 Å². The number of aliphatic hydroxyl groups is 2. The van der Waals surface area contributed by atoms with Gasteiger partial charge in [0.25, 0.3) is 11.8 Å². The molecule has 0 aromatic rings. The second kappa shape index (κ2) is 29.4. The Bertz CT molecular complexity index is 912. The highest BCUT2D eigenvalue weighted by Gasteiger charge is 2.37. The van der Waals surface area contributed by atoms with Gasteiger partial charge >= 0.3 is 29.7 Å². The molecule has 0 radical (unpaired) electrons. The summed E-state index contributed by atoms with van der Waals surface area (Å²) in [6, 6.07) is 1.13. The predicted molar refractivity (Wildman–Crippen MR) is 189 cm³/mol. The number of nitrogens with one attached hydrogen (secondary N) is 1. The molecule has 0 aromatic heterocycles. The van der Waals surface area contributed by atoms with Gasteiger partial charge in [-0.25, -0.2) is 4.79 Å². The van der Waals surface area contributed by atoms with E-state index < -0.39 is 60.3 Å². The molecule has 0 saturated carbocycles. The normalized spacial score (nSPS) is 12.6. The van der Waals surface area contributed by atoms with Gasteiger partial charge in [0.05, 0.1) is 6.61 Å². The number of hydrogen-bond acceptors (Lipinski definition) is 14. The number of carbonyl (C=O) groups excluding carboxylic acids is 4. The SMILES string of the molecule is CCCCN(C)C(=O)C(CO)OC(=O)NCCC[Si](OC)(OC)OC.CCCCN(C)C(=O)C(O)COC(=O)CCCC[Si](OC)(OC)OC. The van der Waals surface area contributed by atoms with Gasteiger partial charge in [-0.3, -0.25) is 14.4 Å². The number of ether oxygens (including phenoxy) is 2. The number of hydrogen-bond donors (Lipinski definition) is 3. The van der Waals surface area contributed by atoms with Gasteiger partial charge in [-0.1, -0.05) is 26.7 Å². The summed E-state index contributed by atoms with van der Waals surface area (Å²) in [5.41, 5.74) is 0. The van der Waals surface area contributed by atoms with E-state index in [1.165, 1.54) is 31.1 Å². The van der Waals surface area contributed by atoms with Gasteiger partial charge in [-0.2, -0.15) is 0 Å². The number of amides is 3. The number of likely N-dealkylation sites (N-methyl/N-ethyl adjacent to an activating group) is 2. The van der Waals surface area contributed by atoms with E-state index in [1.54, 1.807) is 35.4 Å². The first-order valence-electron chi connectivity index (χ1n) is 16.9. The molecule has 3 amide bonds. The first kappa shape index (κ1) is 49.9. The Kier molecular flexibility index (Phi) is 29.3. The van der Waals surface area contributed by atoms with E-state index in [0.717, 1.165) is 25.7 Å². The molecule has 0 aliphatic carbocycles. The Balaban J connectivity index is 0. The average molecular weight is 760 g/mol. The Hall–Kier alpha value is -2.21. The minimum absolute atomic E-state index is 0.203. The Morgan fingerprint density at radius 2 is 1.16 bits per heavy atom. The van der Waals surface area contributed by atoms with Crippen LogP contribution in [-0.4, -0.2) is 163 Å². The summed E-state index contributed by atoms with van der Waals surface area (Å²) in [5.74, 6) is -1.30. The summed E-state index contributed by atoms with van der Waals surface area (Å²) in [4.78, 5) is 50.4. The van der Waals surface area contributed by atoms with Gasteiger partial charge in [-0.15, -0.1) is 0 Å². The van der Waals surface area contributed by atoms with E-state index in [-0.39, 0.29) is 13.0 Å². The van der Waals surface area contributed by atoms with E-state index in [9.17, 15) is 29.4 Å². The molecule has 19 heteroatoms. The number of esters is 1. The van der Waals surface area contributed by atoms with Crippen LogP contribution in [0.1, 0.15) is 65.2 Å². The molecule has 0 rings (SSSR count). The summed E-state index contributed by atoms with van der Waals surface area (Å²) in [5, 5.41) is 21.6. The maximum absolute atomic E-state index is 12.1. The Morgan fingerprint density at radius 1 is 0.700 bits per heavy atom. The lowest BCUT2D eigenvalue weighted by atomic mass is 10.2. The molecule has 296 valence electrons. The van der Waals surface area contributed by atoms with E-state index in [2.05, 4.69) is 5.32 Å². The molecule has 0 spiro atoms. The number of aliphatic hydroxyl groups excluding tert-OH is 2. The van der Waals surface area contributed by atoms with Crippen LogP contribution in [0.5, 0.6) is 0 Å². The zero-order valence-electron chi connectivity index (χ0n) is 31.9. The Labute approximate surface area is 300 Å². The van der Waals surface area contributed by atoms with Gasteiger partial charge in [0.2, 0.25) is 6.10 Å². The van der Waals surface area contributed by atoms with E-state index >= 15 is 0 Å². The molecule has 0 aliphatic heterocycles. The Morgan fingerprint density at radius 3 is 1.60 bits per heavy atom. The minimum atomic E-state index is -2.67. The average Bonchev–Trinajstić information content (AvgIpc) is 3.14. The van der Waals surface area contributed by atoms with Crippen molar-refractivity contribution in [1.82, 2.24) is 15.1 Å². The highest BCUT2D eigenvalue weighted by atomic mass is 28.4. The number of unbranched alkanes of at least 4 members (excludes halogenated alkanes) is 3. The number of nitrogens with zero attached hydrogens (tertiary/aromatic N) is 2. The lowest BCUT2D eigenvalue weighted by Gasteiger charge is -2.24. The van der Waals surface area contributed by atoms with Crippen LogP contribution in [0.25, 0.3) is 0 Å². The quantitative estimate of drug-likeness (QED) is 0.0622. The summed E-state index contributed by atoms with van der Waals surface area (Å²) in [7, 11) is 7.17. The van der Waals surface area contributed by atoms with Crippen LogP contribution in [0.2, 0.25) is 12.1 Å². The highest BCUT2D eigenvalue weighted by molar-refractivity contribution is 6.60. The van der Waals surface area contributed by atoms with Crippen molar-refractivity contribution in [2.45, 2.75) is 89.5 Å². The molecular weight excluding hydrogens is 695 g/mol. The molecule has 2 unspecified atom stereocenters. The van der Waals surface area contributed by atoms with E-state index in [0.29, 0.717) is 51.0 Å². The fourth-order valence-corrected chi connectivity index (χ4v) is 7.90. The third-order valence-electron chi connectivity index (χ3n) is 7.73. The largest absolute Gasteiger partial charge is 0.500 e. The first-order valence-corrected chi connectivity index (χ1v) is 20.8. The topological polar surface area (TPSA) is 201 Å². The number of alkyl carbamates (subject to hydrolysis) is 1. The van der Waals surface area contributed by atoms with Crippen LogP contribution in [0, 0.1) is 0 Å². The second-order valence-electron chi connectivity index (χ2n) is 11.3. The first-order chi connectivity index (χ1) is 23.7. The van der Waals surface area contributed by atoms with Crippen LogP contribution in [-0.2, 0) is 50.4 Å². The smallest absolute Gasteiger partial charge is 0.462 e. The van der Waals surface area contributed by atoms with Crippen molar-refractivity contribution in [2.75, 3.05) is 89.6 Å². The minimum Gasteiger partial charge on any atom is -0.462 e. The van der Waals surface area contributed by atoms with Crippen LogP contribution in [0.3, 0.4) is 0 Å². The maximum atomic E-state index is 12.1. The van der Waals surface area contributed by atoms with Gasteiger partial charge in [0.1, 0.15) is 6.61 Å². The third kappa shape index (κ3) is 20.6. The fourth-order valence-electron chi connectivity index (χ4n) is 4.38. The zero-order valence-corrected chi connectivity index (χ0v) is 33.9. The number of carbonyl (C=O) groups is 4. The van der Waals surface area contributed by atoms with Crippen molar-refractivity contribution in [3.8, 4) is 0 Å². The van der Waals surface area contributed by atoms with Gasteiger partial charge in [0, 0.05) is 94.9 Å². The summed E-state index contributed by atoms with van der Waals surface area (Å²) < 4.78 is 41.7. The lowest BCUT2D eigenvalue weighted by Crippen LogP contribution is -2.44. The maximum Gasteiger partial charge on any atom is 0.500 e. The highest BCUT2D eigenvalue weighted by Crippen LogP contribution is 2.17. The summed E-state index contributed by atoms with van der Waals surface area (Å²) >= 11 is 0. The second-order valence-corrected chi connectivity index (χ2v) is 17.5. The molecule has 17 nitrogen and oxygen atoms in total. The van der Waals surface area contributed by atoms with Crippen molar-refractivity contribution in [2.24, 2.45) is 0 Å². The summed E-state index contributed by atoms with van der Waals surface area (Å²) in [6.45, 7) is 4.59. The van der Waals surface area contributed by atoms with Crippen LogP contribution >= 0.6 is 0 Å². The standard InChI is InChI=1S/C16H33NO7Si.C15H32N2O7Si/c1-6-7-11-17(2)16(20)14(18)13-24-15(19)10-8-9-12-25(21-3,22-4)23-5;1-6-7-10-17(2)14(19)13(12-18)24-15(20)16-9-8-11-25(21-3,22-4)23-5/h14,18H,6-13H2,1-5H3;13,18H,6-12H2,1-5H3,(H,16,20). The van der Waals surface area contributed by atoms with Crippen molar-refractivity contribution in [3.63, 3.8) is 0 Å². The molecule has 3 N–H and O–H groups in total. The van der Waals surface area contributed by atoms with Gasteiger partial charge in [0.15, 0.2) is 6.10 Å². The molecule has 2 atom stereocenters. The van der Waals surface area contributed by atoms with Crippen molar-refractivity contribution in [1.29, 1.82) is 0 Å². The van der Waals surface area contributed by atoms with E-state index in [4.69, 9.17) is 36.0 Å². The molecular formula is C31H65N3O14Si2. The van der Waals surface area contributed by atoms with Crippen molar-refractivity contribution >= 4 is 41.5 Å². The molecule has 0 heterocycles. The lowest BCUT2D eigenvalue weighted by molar-refractivity contribution is -0.152. The number of rotatable bonds is 27. The van der Waals surface area contributed by atoms with Gasteiger partial charge < -0.3 is 61.4 Å². The van der Waals surface area contributed by atoms with Gasteiger partial charge in [-0.05, 0) is 32.1 Å². The monoisotopic (exact) mass is 759 g/mol. The molecule has 0 saturated heterocycles. The molecule has 0 bridgehead atoms. The summed E-state index contributed by atoms with van der Waals surface area (Å²) in [6.07, 6.45) is 2.38. The third-order valence-corrected chi connectivity index (χ3v) is 13.4. The van der Waals surface area contributed by atoms with Crippen LogP contribution in [0.4, 0.5) is 4.79 Å². The molecule has 0 fully saturated rings. The zero-order chi connectivity index (χ0) is 38.6. The van der Waals surface area contributed by atoms with Crippen LogP contribution < -0.4 is 5.32 Å². The van der Waals surface area contributed by atoms with Crippen LogP contribution in [0.15, 0.2) is 0 Å². The van der Waals surface area contributed by atoms with Crippen molar-refractivity contribution in [3.05, 3.63) is 0 Å². The molecule has 50 heavy (non-hydrogen) atoms. The fraction of sp³-hybridized carbons (Fsp3) is 0.871. The molecule has 0 aromatic carbocycles. The molecule has 0 aliphatic rings.